The van der Waals surface area contributed by atoms with E-state index in [1.165, 1.54) is 0 Å². The standard InChI is InChI=1S/C16H24O3/c1-4-13-7-6-12(10-17)9-16(19)14(18)11(3)8-15(13,16)5-2/h6,8,13,17,19H,4-5,7,9-10H2,1-3H3/t13?,15?,16-/m0/s1. The monoisotopic (exact) mass is 264 g/mol. The second-order valence-corrected chi connectivity index (χ2v) is 5.95. The number of hydrogen-bond donors (Lipinski definition) is 2. The molecule has 0 saturated heterocycles. The number of aliphatic hydroxyl groups is 2. The quantitative estimate of drug-likeness (QED) is 0.769. The van der Waals surface area contributed by atoms with Crippen LogP contribution in [0.3, 0.4) is 0 Å². The molecule has 0 aromatic heterocycles. The highest BCUT2D eigenvalue weighted by Crippen LogP contribution is 2.56. The average molecular weight is 264 g/mol. The second-order valence-electron chi connectivity index (χ2n) is 5.95. The van der Waals surface area contributed by atoms with Gasteiger partial charge in [-0.1, -0.05) is 32.4 Å². The number of ketones is 1. The molecule has 106 valence electrons. The Kier molecular flexibility index (Phi) is 3.72. The van der Waals surface area contributed by atoms with Crippen molar-refractivity contribution < 1.29 is 15.0 Å². The third-order valence-electron chi connectivity index (χ3n) is 5.16. The lowest BCUT2D eigenvalue weighted by molar-refractivity contribution is -0.146. The van der Waals surface area contributed by atoms with Crippen molar-refractivity contribution in [2.24, 2.45) is 11.3 Å². The molecule has 3 atom stereocenters. The Morgan fingerprint density at radius 1 is 1.42 bits per heavy atom. The second kappa shape index (κ2) is 4.88. The third kappa shape index (κ3) is 1.83. The third-order valence-corrected chi connectivity index (χ3v) is 5.16. The molecule has 19 heavy (non-hydrogen) atoms. The minimum absolute atomic E-state index is 0.0785. The van der Waals surface area contributed by atoms with Gasteiger partial charge in [0.15, 0.2) is 5.78 Å². The molecular weight excluding hydrogens is 240 g/mol. The predicted molar refractivity (Wildman–Crippen MR) is 74.6 cm³/mol. The van der Waals surface area contributed by atoms with Crippen molar-refractivity contribution in [3.8, 4) is 0 Å². The van der Waals surface area contributed by atoms with Crippen LogP contribution in [0.4, 0.5) is 0 Å². The number of rotatable bonds is 3. The minimum atomic E-state index is -1.36. The van der Waals surface area contributed by atoms with E-state index in [0.717, 1.165) is 24.8 Å². The van der Waals surface area contributed by atoms with Crippen LogP contribution < -0.4 is 0 Å². The topological polar surface area (TPSA) is 57.5 Å². The lowest BCUT2D eigenvalue weighted by atomic mass is 9.62. The first-order valence-corrected chi connectivity index (χ1v) is 7.20. The van der Waals surface area contributed by atoms with E-state index >= 15 is 0 Å². The first-order valence-electron chi connectivity index (χ1n) is 7.20. The first kappa shape index (κ1) is 14.5. The van der Waals surface area contributed by atoms with E-state index in [1.54, 1.807) is 6.92 Å². The number of carbonyl (C=O) groups excluding carboxylic acids is 1. The Hall–Kier alpha value is -0.930. The number of carbonyl (C=O) groups is 1. The maximum absolute atomic E-state index is 12.5. The fourth-order valence-electron chi connectivity index (χ4n) is 4.06. The predicted octanol–water partition coefficient (Wildman–Crippen LogP) is 2.38. The van der Waals surface area contributed by atoms with Gasteiger partial charge >= 0.3 is 0 Å². The maximum Gasteiger partial charge on any atom is 0.190 e. The summed E-state index contributed by atoms with van der Waals surface area (Å²) in [4.78, 5) is 12.5. The number of fused-ring (bicyclic) bond motifs is 1. The van der Waals surface area contributed by atoms with Crippen molar-refractivity contribution in [2.45, 2.75) is 52.1 Å². The average Bonchev–Trinajstić information content (AvgIpc) is 2.54. The maximum atomic E-state index is 12.5. The van der Waals surface area contributed by atoms with Gasteiger partial charge in [-0.3, -0.25) is 4.79 Å². The van der Waals surface area contributed by atoms with Crippen LogP contribution in [0.5, 0.6) is 0 Å². The molecule has 0 heterocycles. The van der Waals surface area contributed by atoms with Crippen LogP contribution in [0.15, 0.2) is 23.3 Å². The summed E-state index contributed by atoms with van der Waals surface area (Å²) in [7, 11) is 0. The van der Waals surface area contributed by atoms with Gasteiger partial charge in [0.25, 0.3) is 0 Å². The summed E-state index contributed by atoms with van der Waals surface area (Å²) in [6.07, 6.45) is 6.76. The molecular formula is C16H24O3. The van der Waals surface area contributed by atoms with Crippen LogP contribution in [0, 0.1) is 11.3 Å². The SMILES string of the molecule is CCC1CC=C(CO)C[C@]2(O)C(=O)C(C)=CC12CC. The van der Waals surface area contributed by atoms with Crippen LogP contribution in [0.2, 0.25) is 0 Å². The summed E-state index contributed by atoms with van der Waals surface area (Å²) in [6.45, 7) is 5.86. The van der Waals surface area contributed by atoms with Gasteiger partial charge in [-0.25, -0.2) is 0 Å². The zero-order valence-electron chi connectivity index (χ0n) is 12.1. The molecule has 0 spiro atoms. The zero-order valence-corrected chi connectivity index (χ0v) is 12.1. The van der Waals surface area contributed by atoms with Crippen LogP contribution in [0.25, 0.3) is 0 Å². The van der Waals surface area contributed by atoms with Crippen molar-refractivity contribution in [2.75, 3.05) is 6.61 Å². The normalized spacial score (nSPS) is 38.6. The lowest BCUT2D eigenvalue weighted by Crippen LogP contribution is -2.52. The largest absolute Gasteiger partial charge is 0.392 e. The van der Waals surface area contributed by atoms with E-state index in [9.17, 15) is 15.0 Å². The molecule has 3 heteroatoms. The van der Waals surface area contributed by atoms with Gasteiger partial charge in [0.1, 0.15) is 5.60 Å². The van der Waals surface area contributed by atoms with Crippen molar-refractivity contribution in [1.82, 2.24) is 0 Å². The molecule has 2 N–H and O–H groups in total. The molecule has 2 aliphatic rings. The van der Waals surface area contributed by atoms with Gasteiger partial charge < -0.3 is 10.2 Å². The molecule has 0 fully saturated rings. The molecule has 0 bridgehead atoms. The molecule has 0 radical (unpaired) electrons. The summed E-state index contributed by atoms with van der Waals surface area (Å²) in [6, 6.07) is 0. The Morgan fingerprint density at radius 2 is 2.11 bits per heavy atom. The fourth-order valence-corrected chi connectivity index (χ4v) is 4.06. The molecule has 3 nitrogen and oxygen atoms in total. The Balaban J connectivity index is 2.58. The van der Waals surface area contributed by atoms with E-state index in [4.69, 9.17) is 0 Å². The van der Waals surface area contributed by atoms with E-state index in [2.05, 4.69) is 6.92 Å². The summed E-state index contributed by atoms with van der Waals surface area (Å²) >= 11 is 0. The Labute approximate surface area is 115 Å². The Morgan fingerprint density at radius 3 is 2.63 bits per heavy atom. The number of hydrogen-bond acceptors (Lipinski definition) is 3. The smallest absolute Gasteiger partial charge is 0.190 e. The van der Waals surface area contributed by atoms with E-state index in [0.29, 0.717) is 5.57 Å². The van der Waals surface area contributed by atoms with Crippen LogP contribution in [-0.2, 0) is 4.79 Å². The van der Waals surface area contributed by atoms with Gasteiger partial charge in [0.05, 0.1) is 6.61 Å². The summed E-state index contributed by atoms with van der Waals surface area (Å²) in [5.74, 6) is 0.0852. The molecule has 0 aromatic carbocycles. The molecule has 0 saturated carbocycles. The van der Waals surface area contributed by atoms with E-state index in [1.807, 2.05) is 19.1 Å². The molecule has 0 aromatic rings. The summed E-state index contributed by atoms with van der Waals surface area (Å²) in [5.41, 5.74) is -0.386. The molecule has 0 aliphatic heterocycles. The van der Waals surface area contributed by atoms with Crippen LogP contribution in [-0.4, -0.2) is 28.2 Å². The Bertz CT molecular complexity index is 449. The van der Waals surface area contributed by atoms with Crippen LogP contribution >= 0.6 is 0 Å². The minimum Gasteiger partial charge on any atom is -0.392 e. The molecule has 2 unspecified atom stereocenters. The van der Waals surface area contributed by atoms with Crippen molar-refractivity contribution >= 4 is 5.78 Å². The van der Waals surface area contributed by atoms with E-state index < -0.39 is 11.0 Å². The summed E-state index contributed by atoms with van der Waals surface area (Å²) < 4.78 is 0. The van der Waals surface area contributed by atoms with Gasteiger partial charge in [0.2, 0.25) is 0 Å². The first-order chi connectivity index (χ1) is 8.95. The van der Waals surface area contributed by atoms with Crippen molar-refractivity contribution in [1.29, 1.82) is 0 Å². The van der Waals surface area contributed by atoms with Crippen molar-refractivity contribution in [3.63, 3.8) is 0 Å². The number of allylic oxidation sites excluding steroid dienone is 1. The number of Topliss-reactive ketones (excluding diaryl/α,β-unsaturated/α-hetero) is 1. The molecule has 2 aliphatic carbocycles. The fraction of sp³-hybridized carbons (Fsp3) is 0.688. The van der Waals surface area contributed by atoms with Gasteiger partial charge in [-0.05, 0) is 36.8 Å². The highest BCUT2D eigenvalue weighted by atomic mass is 16.3. The summed E-state index contributed by atoms with van der Waals surface area (Å²) in [5, 5.41) is 20.5. The highest BCUT2D eigenvalue weighted by molar-refractivity contribution is 6.05. The van der Waals surface area contributed by atoms with E-state index in [-0.39, 0.29) is 24.7 Å². The highest BCUT2D eigenvalue weighted by Gasteiger charge is 2.60. The van der Waals surface area contributed by atoms with Gasteiger partial charge in [-0.2, -0.15) is 0 Å². The van der Waals surface area contributed by atoms with Crippen LogP contribution in [0.1, 0.15) is 46.5 Å². The zero-order chi connectivity index (χ0) is 14.3. The lowest BCUT2D eigenvalue weighted by Gasteiger charge is -2.44. The van der Waals surface area contributed by atoms with Gasteiger partial charge in [-0.15, -0.1) is 0 Å². The van der Waals surface area contributed by atoms with Crippen molar-refractivity contribution in [3.05, 3.63) is 23.3 Å². The number of aliphatic hydroxyl groups excluding tert-OH is 1. The molecule has 0 amide bonds. The molecule has 2 rings (SSSR count). The van der Waals surface area contributed by atoms with Gasteiger partial charge in [0, 0.05) is 11.8 Å².